The number of rotatable bonds is 5. The van der Waals surface area contributed by atoms with Crippen molar-refractivity contribution in [3.63, 3.8) is 0 Å². The fourth-order valence-electron chi connectivity index (χ4n) is 3.25. The van der Waals surface area contributed by atoms with Gasteiger partial charge in [0.1, 0.15) is 5.75 Å². The summed E-state index contributed by atoms with van der Waals surface area (Å²) in [5, 5.41) is 0. The van der Waals surface area contributed by atoms with Crippen LogP contribution in [0.25, 0.3) is 11.3 Å². The maximum absolute atomic E-state index is 12.9. The topological polar surface area (TPSA) is 43.6 Å². The number of aromatic nitrogens is 1. The van der Waals surface area contributed by atoms with Crippen LogP contribution in [0.4, 0.5) is 0 Å². The first-order valence-electron chi connectivity index (χ1n) is 9.52. The van der Waals surface area contributed by atoms with Crippen LogP contribution >= 0.6 is 11.3 Å². The Morgan fingerprint density at radius 1 is 1.11 bits per heavy atom. The number of carbonyl (C=O) groups is 1. The van der Waals surface area contributed by atoms with E-state index in [2.05, 4.69) is 55.5 Å². The summed E-state index contributed by atoms with van der Waals surface area (Å²) in [6.07, 6.45) is 0.894. The molecule has 3 aromatic rings. The number of methoxy groups -OCH3 is 1. The Kier molecular flexibility index (Phi) is 6.15. The molecule has 1 aromatic heterocycles. The second-order valence-electron chi connectivity index (χ2n) is 6.67. The van der Waals surface area contributed by atoms with Crippen molar-refractivity contribution in [1.82, 2.24) is 4.57 Å². The molecule has 0 saturated carbocycles. The van der Waals surface area contributed by atoms with E-state index in [0.29, 0.717) is 11.3 Å². The molecule has 0 N–H and O–H groups in total. The molecule has 146 valence electrons. The minimum Gasteiger partial charge on any atom is -0.496 e. The third-order valence-electron chi connectivity index (χ3n) is 4.93. The van der Waals surface area contributed by atoms with E-state index in [9.17, 15) is 4.79 Å². The summed E-state index contributed by atoms with van der Waals surface area (Å²) >= 11 is 1.59. The van der Waals surface area contributed by atoms with E-state index in [1.54, 1.807) is 30.6 Å². The second kappa shape index (κ2) is 8.57. The molecule has 0 saturated heterocycles. The minimum atomic E-state index is -0.282. The van der Waals surface area contributed by atoms with Gasteiger partial charge in [-0.25, -0.2) is 0 Å². The quantitative estimate of drug-likeness (QED) is 0.599. The molecular weight excluding hydrogens is 368 g/mol. The number of carbonyl (C=O) groups excluding carboxylic acids is 1. The lowest BCUT2D eigenvalue weighted by Crippen LogP contribution is -2.17. The fraction of sp³-hybridized carbons (Fsp3) is 0.304. The van der Waals surface area contributed by atoms with Crippen LogP contribution in [0.3, 0.4) is 0 Å². The first kappa shape index (κ1) is 20.1. The monoisotopic (exact) mass is 394 g/mol. The van der Waals surface area contributed by atoms with Crippen molar-refractivity contribution < 1.29 is 9.53 Å². The maximum Gasteiger partial charge on any atom is 0.283 e. The zero-order valence-electron chi connectivity index (χ0n) is 17.1. The van der Waals surface area contributed by atoms with Gasteiger partial charge in [-0.1, -0.05) is 31.2 Å². The minimum absolute atomic E-state index is 0.282. The number of hydrogen-bond donors (Lipinski definition) is 0. The van der Waals surface area contributed by atoms with E-state index in [1.165, 1.54) is 21.6 Å². The number of thiazole rings is 1. The number of amides is 1. The Balaban J connectivity index is 2.17. The van der Waals surface area contributed by atoms with Gasteiger partial charge in [0.2, 0.25) is 0 Å². The molecule has 2 aromatic carbocycles. The molecule has 0 radical (unpaired) electrons. The van der Waals surface area contributed by atoms with Crippen molar-refractivity contribution in [2.24, 2.45) is 4.99 Å². The van der Waals surface area contributed by atoms with Gasteiger partial charge in [0, 0.05) is 11.4 Å². The lowest BCUT2D eigenvalue weighted by molar-refractivity contribution is 0.0995. The van der Waals surface area contributed by atoms with Crippen molar-refractivity contribution in [2.45, 2.75) is 40.7 Å². The lowest BCUT2D eigenvalue weighted by Gasteiger charge is -2.10. The molecule has 0 atom stereocenters. The SMILES string of the molecule is CCc1sc(=NC(=O)c2ccccc2OC)n(CC)c1-c1ccc(C)c(C)c1. The third kappa shape index (κ3) is 3.80. The van der Waals surface area contributed by atoms with Gasteiger partial charge in [0.25, 0.3) is 5.91 Å². The number of ether oxygens (including phenoxy) is 1. The summed E-state index contributed by atoms with van der Waals surface area (Å²) in [6, 6.07) is 13.7. The van der Waals surface area contributed by atoms with Crippen LogP contribution in [0, 0.1) is 13.8 Å². The molecule has 0 aliphatic rings. The Hall–Kier alpha value is -2.66. The van der Waals surface area contributed by atoms with Gasteiger partial charge >= 0.3 is 0 Å². The van der Waals surface area contributed by atoms with E-state index in [0.717, 1.165) is 23.5 Å². The summed E-state index contributed by atoms with van der Waals surface area (Å²) in [5.74, 6) is 0.260. The highest BCUT2D eigenvalue weighted by Crippen LogP contribution is 2.28. The maximum atomic E-state index is 12.9. The molecule has 0 bridgehead atoms. The van der Waals surface area contributed by atoms with Gasteiger partial charge < -0.3 is 9.30 Å². The molecule has 4 nitrogen and oxygen atoms in total. The second-order valence-corrected chi connectivity index (χ2v) is 7.73. The van der Waals surface area contributed by atoms with E-state index in [-0.39, 0.29) is 5.91 Å². The molecule has 0 unspecified atom stereocenters. The van der Waals surface area contributed by atoms with E-state index in [1.807, 2.05) is 12.1 Å². The Morgan fingerprint density at radius 3 is 2.50 bits per heavy atom. The smallest absolute Gasteiger partial charge is 0.283 e. The Morgan fingerprint density at radius 2 is 1.86 bits per heavy atom. The predicted octanol–water partition coefficient (Wildman–Crippen LogP) is 5.17. The predicted molar refractivity (Wildman–Crippen MR) is 115 cm³/mol. The van der Waals surface area contributed by atoms with Gasteiger partial charge in [-0.2, -0.15) is 4.99 Å². The lowest BCUT2D eigenvalue weighted by atomic mass is 10.0. The summed E-state index contributed by atoms with van der Waals surface area (Å²) in [6.45, 7) is 9.22. The van der Waals surface area contributed by atoms with Crippen LogP contribution in [-0.4, -0.2) is 17.6 Å². The highest BCUT2D eigenvalue weighted by Gasteiger charge is 2.16. The van der Waals surface area contributed by atoms with Crippen molar-refractivity contribution in [3.05, 3.63) is 68.8 Å². The highest BCUT2D eigenvalue weighted by atomic mass is 32.1. The van der Waals surface area contributed by atoms with Crippen LogP contribution in [0.15, 0.2) is 47.5 Å². The summed E-state index contributed by atoms with van der Waals surface area (Å²) in [4.78, 5) is 19.3. The molecule has 28 heavy (non-hydrogen) atoms. The molecular formula is C23H26N2O2S. The fourth-order valence-corrected chi connectivity index (χ4v) is 4.40. The van der Waals surface area contributed by atoms with Crippen LogP contribution in [0.1, 0.15) is 40.2 Å². The number of para-hydroxylation sites is 1. The first-order chi connectivity index (χ1) is 13.5. The van der Waals surface area contributed by atoms with E-state index >= 15 is 0 Å². The largest absolute Gasteiger partial charge is 0.496 e. The summed E-state index contributed by atoms with van der Waals surface area (Å²) in [7, 11) is 1.57. The molecule has 0 aliphatic heterocycles. The third-order valence-corrected chi connectivity index (χ3v) is 6.15. The van der Waals surface area contributed by atoms with E-state index in [4.69, 9.17) is 4.74 Å². The van der Waals surface area contributed by atoms with Gasteiger partial charge in [0.15, 0.2) is 4.80 Å². The number of hydrogen-bond acceptors (Lipinski definition) is 3. The van der Waals surface area contributed by atoms with Crippen LogP contribution < -0.4 is 9.54 Å². The van der Waals surface area contributed by atoms with Crippen molar-refractivity contribution >= 4 is 17.2 Å². The van der Waals surface area contributed by atoms with Gasteiger partial charge in [-0.15, -0.1) is 11.3 Å². The first-order valence-corrected chi connectivity index (χ1v) is 10.3. The molecule has 3 rings (SSSR count). The molecule has 1 heterocycles. The number of aryl methyl sites for hydroxylation is 3. The average molecular weight is 395 g/mol. The van der Waals surface area contributed by atoms with Gasteiger partial charge in [-0.3, -0.25) is 4.79 Å². The summed E-state index contributed by atoms with van der Waals surface area (Å²) < 4.78 is 7.46. The van der Waals surface area contributed by atoms with Gasteiger partial charge in [0.05, 0.1) is 18.4 Å². The van der Waals surface area contributed by atoms with Crippen molar-refractivity contribution in [2.75, 3.05) is 7.11 Å². The molecule has 1 amide bonds. The standard InChI is InChI=1S/C23H26N2O2S/c1-6-20-21(17-13-12-15(3)16(4)14-17)25(7-2)23(28-20)24-22(26)18-10-8-9-11-19(18)27-5/h8-14H,6-7H2,1-5H3. The molecule has 5 heteroatoms. The Bertz CT molecular complexity index is 1080. The average Bonchev–Trinajstić information content (AvgIpc) is 3.07. The summed E-state index contributed by atoms with van der Waals surface area (Å²) in [5.41, 5.74) is 5.34. The zero-order chi connectivity index (χ0) is 20.3. The van der Waals surface area contributed by atoms with Crippen molar-refractivity contribution in [1.29, 1.82) is 0 Å². The number of benzene rings is 2. The van der Waals surface area contributed by atoms with Gasteiger partial charge in [-0.05, 0) is 62.1 Å². The van der Waals surface area contributed by atoms with Crippen LogP contribution in [-0.2, 0) is 13.0 Å². The van der Waals surface area contributed by atoms with E-state index < -0.39 is 0 Å². The van der Waals surface area contributed by atoms with Crippen LogP contribution in [0.5, 0.6) is 5.75 Å². The zero-order valence-corrected chi connectivity index (χ0v) is 17.9. The normalized spacial score (nSPS) is 11.7. The van der Waals surface area contributed by atoms with Crippen molar-refractivity contribution in [3.8, 4) is 17.0 Å². The highest BCUT2D eigenvalue weighted by molar-refractivity contribution is 7.09. The molecule has 0 aliphatic carbocycles. The Labute approximate surface area is 170 Å². The molecule has 0 spiro atoms. The molecule has 0 fully saturated rings. The number of nitrogens with zero attached hydrogens (tertiary/aromatic N) is 2. The van der Waals surface area contributed by atoms with Crippen LogP contribution in [0.2, 0.25) is 0 Å².